The quantitative estimate of drug-likeness (QED) is 0.634. The van der Waals surface area contributed by atoms with E-state index in [0.29, 0.717) is 12.3 Å². The second-order valence-corrected chi connectivity index (χ2v) is 4.28. The SMILES string of the molecule is Cc1noc(C)c1CNc1nc(N)nc(C)c1[N+](=O)[O-]. The Kier molecular flexibility index (Phi) is 3.51. The molecule has 0 spiro atoms. The summed E-state index contributed by atoms with van der Waals surface area (Å²) in [7, 11) is 0. The van der Waals surface area contributed by atoms with Gasteiger partial charge < -0.3 is 15.6 Å². The van der Waals surface area contributed by atoms with Crippen molar-refractivity contribution in [3.63, 3.8) is 0 Å². The van der Waals surface area contributed by atoms with E-state index in [1.807, 2.05) is 0 Å². The summed E-state index contributed by atoms with van der Waals surface area (Å²) in [6.45, 7) is 5.38. The fourth-order valence-electron chi connectivity index (χ4n) is 1.86. The van der Waals surface area contributed by atoms with Gasteiger partial charge in [0.1, 0.15) is 11.5 Å². The number of nitro groups is 1. The third-order valence-electron chi connectivity index (χ3n) is 2.87. The summed E-state index contributed by atoms with van der Waals surface area (Å²) < 4.78 is 5.03. The monoisotopic (exact) mass is 278 g/mol. The lowest BCUT2D eigenvalue weighted by molar-refractivity contribution is -0.385. The smallest absolute Gasteiger partial charge is 0.332 e. The molecule has 0 unspecified atom stereocenters. The van der Waals surface area contributed by atoms with Crippen LogP contribution in [0.4, 0.5) is 17.5 Å². The van der Waals surface area contributed by atoms with Crippen LogP contribution in [0, 0.1) is 30.9 Å². The molecule has 0 radical (unpaired) electrons. The molecule has 0 saturated heterocycles. The Morgan fingerprint density at radius 2 is 2.00 bits per heavy atom. The molecule has 2 rings (SSSR count). The van der Waals surface area contributed by atoms with Gasteiger partial charge in [0, 0.05) is 12.1 Å². The standard InChI is InChI=1S/C11H14N6O3/c1-5-8(7(3)20-16-5)4-13-10-9(17(18)19)6(2)14-11(12)15-10/h4H2,1-3H3,(H3,12,13,14,15). The highest BCUT2D eigenvalue weighted by Crippen LogP contribution is 2.26. The summed E-state index contributed by atoms with van der Waals surface area (Å²) in [5.74, 6) is 0.714. The Labute approximate surface area is 114 Å². The van der Waals surface area contributed by atoms with E-state index in [2.05, 4.69) is 20.4 Å². The lowest BCUT2D eigenvalue weighted by Crippen LogP contribution is -2.10. The zero-order chi connectivity index (χ0) is 14.9. The highest BCUT2D eigenvalue weighted by Gasteiger charge is 2.22. The van der Waals surface area contributed by atoms with E-state index in [4.69, 9.17) is 10.3 Å². The topological polar surface area (TPSA) is 133 Å². The van der Waals surface area contributed by atoms with Crippen molar-refractivity contribution < 1.29 is 9.45 Å². The molecule has 2 aromatic heterocycles. The molecular weight excluding hydrogens is 264 g/mol. The van der Waals surface area contributed by atoms with Crippen LogP contribution in [0.25, 0.3) is 0 Å². The van der Waals surface area contributed by atoms with Crippen molar-refractivity contribution in [2.45, 2.75) is 27.3 Å². The summed E-state index contributed by atoms with van der Waals surface area (Å²) in [6, 6.07) is 0. The van der Waals surface area contributed by atoms with Gasteiger partial charge in [-0.15, -0.1) is 0 Å². The van der Waals surface area contributed by atoms with Gasteiger partial charge in [0.2, 0.25) is 11.8 Å². The Balaban J connectivity index is 2.32. The van der Waals surface area contributed by atoms with Gasteiger partial charge in [-0.2, -0.15) is 4.98 Å². The van der Waals surface area contributed by atoms with Crippen LogP contribution >= 0.6 is 0 Å². The number of hydrogen-bond donors (Lipinski definition) is 2. The van der Waals surface area contributed by atoms with Crippen molar-refractivity contribution in [3.05, 3.63) is 32.8 Å². The molecule has 106 valence electrons. The normalized spacial score (nSPS) is 10.6. The van der Waals surface area contributed by atoms with E-state index in [9.17, 15) is 10.1 Å². The molecule has 0 aliphatic carbocycles. The first-order chi connectivity index (χ1) is 9.40. The van der Waals surface area contributed by atoms with Gasteiger partial charge in [-0.05, 0) is 20.8 Å². The van der Waals surface area contributed by atoms with E-state index in [-0.39, 0.29) is 23.1 Å². The van der Waals surface area contributed by atoms with Crippen LogP contribution in [-0.2, 0) is 6.54 Å². The number of aromatic nitrogens is 3. The highest BCUT2D eigenvalue weighted by molar-refractivity contribution is 5.60. The third-order valence-corrected chi connectivity index (χ3v) is 2.87. The minimum Gasteiger partial charge on any atom is -0.368 e. The molecular formula is C11H14N6O3. The summed E-state index contributed by atoms with van der Waals surface area (Å²) in [5, 5.41) is 17.8. The molecule has 0 aliphatic heterocycles. The van der Waals surface area contributed by atoms with Crippen LogP contribution in [0.3, 0.4) is 0 Å². The molecule has 0 amide bonds. The van der Waals surface area contributed by atoms with Crippen molar-refractivity contribution in [2.75, 3.05) is 11.1 Å². The molecule has 0 aliphatic rings. The summed E-state index contributed by atoms with van der Waals surface area (Å²) in [5.41, 5.74) is 7.09. The number of rotatable bonds is 4. The van der Waals surface area contributed by atoms with Crippen molar-refractivity contribution in [1.82, 2.24) is 15.1 Å². The van der Waals surface area contributed by atoms with Gasteiger partial charge in [0.25, 0.3) is 0 Å². The first-order valence-corrected chi connectivity index (χ1v) is 5.84. The maximum atomic E-state index is 11.1. The average molecular weight is 278 g/mol. The first-order valence-electron chi connectivity index (χ1n) is 5.84. The van der Waals surface area contributed by atoms with E-state index >= 15 is 0 Å². The fraction of sp³-hybridized carbons (Fsp3) is 0.364. The predicted molar refractivity (Wildman–Crippen MR) is 71.1 cm³/mol. The molecule has 20 heavy (non-hydrogen) atoms. The third kappa shape index (κ3) is 2.51. The Morgan fingerprint density at radius 1 is 1.30 bits per heavy atom. The molecule has 0 fully saturated rings. The number of aryl methyl sites for hydroxylation is 3. The van der Waals surface area contributed by atoms with Gasteiger partial charge in [0.15, 0.2) is 0 Å². The first kappa shape index (κ1) is 13.7. The van der Waals surface area contributed by atoms with E-state index < -0.39 is 4.92 Å². The zero-order valence-corrected chi connectivity index (χ0v) is 11.3. The highest BCUT2D eigenvalue weighted by atomic mass is 16.6. The van der Waals surface area contributed by atoms with E-state index in [1.54, 1.807) is 13.8 Å². The number of nitrogens with two attached hydrogens (primary N) is 1. The largest absolute Gasteiger partial charge is 0.368 e. The van der Waals surface area contributed by atoms with Crippen molar-refractivity contribution in [3.8, 4) is 0 Å². The molecule has 3 N–H and O–H groups in total. The van der Waals surface area contributed by atoms with Gasteiger partial charge in [-0.1, -0.05) is 5.16 Å². The minimum absolute atomic E-state index is 0.0191. The Hall–Kier alpha value is -2.71. The van der Waals surface area contributed by atoms with Gasteiger partial charge in [-0.25, -0.2) is 4.98 Å². The predicted octanol–water partition coefficient (Wildman–Crippen LogP) is 1.49. The van der Waals surface area contributed by atoms with Crippen molar-refractivity contribution >= 4 is 17.5 Å². The van der Waals surface area contributed by atoms with Crippen molar-refractivity contribution in [2.24, 2.45) is 0 Å². The van der Waals surface area contributed by atoms with Crippen LogP contribution in [0.1, 0.15) is 22.7 Å². The average Bonchev–Trinajstić information content (AvgIpc) is 2.65. The molecule has 2 heterocycles. The number of anilines is 2. The summed E-state index contributed by atoms with van der Waals surface area (Å²) in [4.78, 5) is 18.2. The fourth-order valence-corrected chi connectivity index (χ4v) is 1.86. The van der Waals surface area contributed by atoms with Gasteiger partial charge >= 0.3 is 5.69 Å². The number of hydrogen-bond acceptors (Lipinski definition) is 8. The molecule has 0 saturated carbocycles. The molecule has 2 aromatic rings. The summed E-state index contributed by atoms with van der Waals surface area (Å²) >= 11 is 0. The number of nitrogens with zero attached hydrogens (tertiary/aromatic N) is 4. The molecule has 9 heteroatoms. The zero-order valence-electron chi connectivity index (χ0n) is 11.3. The lowest BCUT2D eigenvalue weighted by Gasteiger charge is -2.07. The second-order valence-electron chi connectivity index (χ2n) is 4.28. The van der Waals surface area contributed by atoms with Gasteiger partial charge in [-0.3, -0.25) is 10.1 Å². The molecule has 0 aromatic carbocycles. The Morgan fingerprint density at radius 3 is 2.55 bits per heavy atom. The van der Waals surface area contributed by atoms with E-state index in [1.165, 1.54) is 6.92 Å². The molecule has 0 atom stereocenters. The van der Waals surface area contributed by atoms with Crippen LogP contribution in [0.15, 0.2) is 4.52 Å². The molecule has 0 bridgehead atoms. The minimum atomic E-state index is -0.537. The maximum absolute atomic E-state index is 11.1. The van der Waals surface area contributed by atoms with Crippen LogP contribution in [-0.4, -0.2) is 20.0 Å². The molecule has 9 nitrogen and oxygen atoms in total. The summed E-state index contributed by atoms with van der Waals surface area (Å²) in [6.07, 6.45) is 0. The number of nitrogen functional groups attached to an aromatic ring is 1. The maximum Gasteiger partial charge on any atom is 0.332 e. The van der Waals surface area contributed by atoms with Crippen LogP contribution in [0.5, 0.6) is 0 Å². The van der Waals surface area contributed by atoms with Gasteiger partial charge in [0.05, 0.1) is 10.6 Å². The van der Waals surface area contributed by atoms with E-state index in [0.717, 1.165) is 11.3 Å². The number of nitrogens with one attached hydrogen (secondary N) is 1. The van der Waals surface area contributed by atoms with Crippen LogP contribution < -0.4 is 11.1 Å². The van der Waals surface area contributed by atoms with Crippen molar-refractivity contribution in [1.29, 1.82) is 0 Å². The second kappa shape index (κ2) is 5.11. The lowest BCUT2D eigenvalue weighted by atomic mass is 10.2. The van der Waals surface area contributed by atoms with Crippen LogP contribution in [0.2, 0.25) is 0 Å². The Bertz CT molecular complexity index is 647.